The minimum absolute atomic E-state index is 0.0417. The van der Waals surface area contributed by atoms with E-state index in [1.807, 2.05) is 0 Å². The van der Waals surface area contributed by atoms with Crippen LogP contribution in [0.3, 0.4) is 0 Å². The molecule has 0 saturated carbocycles. The van der Waals surface area contributed by atoms with E-state index in [0.29, 0.717) is 32.6 Å². The monoisotopic (exact) mass is 255 g/mol. The number of rotatable bonds is 5. The van der Waals surface area contributed by atoms with Crippen LogP contribution in [0.15, 0.2) is 12.7 Å². The Morgan fingerprint density at radius 2 is 1.89 bits per heavy atom. The van der Waals surface area contributed by atoms with Gasteiger partial charge >= 0.3 is 0 Å². The summed E-state index contributed by atoms with van der Waals surface area (Å²) >= 11 is 0. The van der Waals surface area contributed by atoms with E-state index in [4.69, 9.17) is 10.5 Å². The third kappa shape index (κ3) is 3.82. The largest absolute Gasteiger partial charge is 0.375 e. The molecule has 0 aliphatic carbocycles. The lowest BCUT2D eigenvalue weighted by Crippen LogP contribution is -2.54. The number of amides is 2. The van der Waals surface area contributed by atoms with Gasteiger partial charge in [0.05, 0.1) is 6.04 Å². The van der Waals surface area contributed by atoms with Crippen LogP contribution in [-0.2, 0) is 14.3 Å². The van der Waals surface area contributed by atoms with Gasteiger partial charge in [0.25, 0.3) is 0 Å². The summed E-state index contributed by atoms with van der Waals surface area (Å²) in [6, 6.07) is -0.524. The average Bonchev–Trinajstić information content (AvgIpc) is 2.38. The van der Waals surface area contributed by atoms with Crippen molar-refractivity contribution in [2.24, 2.45) is 5.73 Å². The van der Waals surface area contributed by atoms with Crippen LogP contribution in [0.2, 0.25) is 0 Å². The van der Waals surface area contributed by atoms with E-state index in [9.17, 15) is 9.59 Å². The van der Waals surface area contributed by atoms with Crippen LogP contribution in [0.4, 0.5) is 0 Å². The Labute approximate surface area is 107 Å². The predicted molar refractivity (Wildman–Crippen MR) is 67.8 cm³/mol. The van der Waals surface area contributed by atoms with Gasteiger partial charge in [-0.15, -0.1) is 6.58 Å². The highest BCUT2D eigenvalue weighted by molar-refractivity contribution is 5.82. The molecule has 6 heteroatoms. The maximum atomic E-state index is 11.9. The number of nitrogens with two attached hydrogens (primary N) is 1. The SMILES string of the molecule is C=CCC(N)C(=O)N1CCN(C(=O)COC)CC1. The van der Waals surface area contributed by atoms with Crippen molar-refractivity contribution >= 4 is 11.8 Å². The second-order valence-electron chi connectivity index (χ2n) is 4.27. The number of piperazine rings is 1. The van der Waals surface area contributed by atoms with Gasteiger partial charge in [0.2, 0.25) is 11.8 Å². The summed E-state index contributed by atoms with van der Waals surface area (Å²) in [6.45, 7) is 5.78. The van der Waals surface area contributed by atoms with Gasteiger partial charge in [-0.05, 0) is 6.42 Å². The Kier molecular flexibility index (Phi) is 5.80. The molecule has 1 aliphatic heterocycles. The van der Waals surface area contributed by atoms with Gasteiger partial charge in [-0.3, -0.25) is 9.59 Å². The van der Waals surface area contributed by atoms with Crippen LogP contribution >= 0.6 is 0 Å². The van der Waals surface area contributed by atoms with Crippen molar-refractivity contribution in [3.05, 3.63) is 12.7 Å². The zero-order valence-corrected chi connectivity index (χ0v) is 10.8. The molecule has 0 radical (unpaired) electrons. The van der Waals surface area contributed by atoms with E-state index in [2.05, 4.69) is 6.58 Å². The first-order chi connectivity index (χ1) is 8.60. The minimum atomic E-state index is -0.524. The Hall–Kier alpha value is -1.40. The molecule has 2 amide bonds. The summed E-state index contributed by atoms with van der Waals surface area (Å²) in [5, 5.41) is 0. The fourth-order valence-electron chi connectivity index (χ4n) is 1.91. The molecule has 2 N–H and O–H groups in total. The number of nitrogens with zero attached hydrogens (tertiary/aromatic N) is 2. The van der Waals surface area contributed by atoms with Crippen LogP contribution in [-0.4, -0.2) is 67.6 Å². The van der Waals surface area contributed by atoms with Crippen molar-refractivity contribution in [1.29, 1.82) is 0 Å². The highest BCUT2D eigenvalue weighted by Crippen LogP contribution is 2.05. The molecule has 1 aliphatic rings. The van der Waals surface area contributed by atoms with Crippen LogP contribution in [0.25, 0.3) is 0 Å². The number of carbonyl (C=O) groups excluding carboxylic acids is 2. The Morgan fingerprint density at radius 1 is 1.33 bits per heavy atom. The van der Waals surface area contributed by atoms with Gasteiger partial charge in [0, 0.05) is 33.3 Å². The van der Waals surface area contributed by atoms with Gasteiger partial charge in [-0.25, -0.2) is 0 Å². The van der Waals surface area contributed by atoms with E-state index >= 15 is 0 Å². The molecule has 1 atom stereocenters. The van der Waals surface area contributed by atoms with Gasteiger partial charge < -0.3 is 20.3 Å². The second kappa shape index (κ2) is 7.13. The third-order valence-electron chi connectivity index (χ3n) is 2.95. The van der Waals surface area contributed by atoms with E-state index in [0.717, 1.165) is 0 Å². The quantitative estimate of drug-likeness (QED) is 0.653. The van der Waals surface area contributed by atoms with Gasteiger partial charge in [0.1, 0.15) is 6.61 Å². The predicted octanol–water partition coefficient (Wildman–Crippen LogP) is -0.793. The summed E-state index contributed by atoms with van der Waals surface area (Å²) in [7, 11) is 1.49. The molecule has 1 saturated heterocycles. The lowest BCUT2D eigenvalue weighted by atomic mass is 10.1. The maximum absolute atomic E-state index is 11.9. The summed E-state index contributed by atoms with van der Waals surface area (Å²) in [4.78, 5) is 26.9. The molecule has 0 bridgehead atoms. The fraction of sp³-hybridized carbons (Fsp3) is 0.667. The smallest absolute Gasteiger partial charge is 0.248 e. The van der Waals surface area contributed by atoms with Crippen molar-refractivity contribution < 1.29 is 14.3 Å². The summed E-state index contributed by atoms with van der Waals surface area (Å²) < 4.78 is 4.80. The first-order valence-electron chi connectivity index (χ1n) is 6.02. The van der Waals surface area contributed by atoms with Crippen molar-refractivity contribution in [2.45, 2.75) is 12.5 Å². The zero-order chi connectivity index (χ0) is 13.5. The second-order valence-corrected chi connectivity index (χ2v) is 4.27. The first kappa shape index (κ1) is 14.7. The molecular weight excluding hydrogens is 234 g/mol. The third-order valence-corrected chi connectivity index (χ3v) is 2.95. The van der Waals surface area contributed by atoms with Crippen molar-refractivity contribution in [3.8, 4) is 0 Å². The van der Waals surface area contributed by atoms with Crippen molar-refractivity contribution in [1.82, 2.24) is 9.80 Å². The number of carbonyl (C=O) groups is 2. The van der Waals surface area contributed by atoms with Gasteiger partial charge in [0.15, 0.2) is 0 Å². The molecule has 102 valence electrons. The molecule has 0 aromatic rings. The number of methoxy groups -OCH3 is 1. The van der Waals surface area contributed by atoms with E-state index in [-0.39, 0.29) is 18.4 Å². The molecule has 6 nitrogen and oxygen atoms in total. The van der Waals surface area contributed by atoms with Gasteiger partial charge in [-0.1, -0.05) is 6.08 Å². The first-order valence-corrected chi connectivity index (χ1v) is 6.02. The molecular formula is C12H21N3O3. The van der Waals surface area contributed by atoms with Crippen molar-refractivity contribution in [3.63, 3.8) is 0 Å². The average molecular weight is 255 g/mol. The van der Waals surface area contributed by atoms with Crippen LogP contribution in [0, 0.1) is 0 Å². The van der Waals surface area contributed by atoms with E-state index < -0.39 is 6.04 Å². The Morgan fingerprint density at radius 3 is 2.39 bits per heavy atom. The van der Waals surface area contributed by atoms with Crippen molar-refractivity contribution in [2.75, 3.05) is 39.9 Å². The number of hydrogen-bond acceptors (Lipinski definition) is 4. The Balaban J connectivity index is 2.41. The number of ether oxygens (including phenoxy) is 1. The molecule has 1 heterocycles. The zero-order valence-electron chi connectivity index (χ0n) is 10.8. The molecule has 0 aromatic heterocycles. The lowest BCUT2D eigenvalue weighted by Gasteiger charge is -2.35. The standard InChI is InChI=1S/C12H21N3O3/c1-3-4-10(13)12(17)15-7-5-14(6-8-15)11(16)9-18-2/h3,10H,1,4-9,13H2,2H3. The number of hydrogen-bond donors (Lipinski definition) is 1. The van der Waals surface area contributed by atoms with Crippen LogP contribution in [0.5, 0.6) is 0 Å². The minimum Gasteiger partial charge on any atom is -0.375 e. The summed E-state index contributed by atoms with van der Waals surface area (Å²) in [5.74, 6) is -0.117. The fourth-order valence-corrected chi connectivity index (χ4v) is 1.91. The lowest BCUT2D eigenvalue weighted by molar-refractivity contribution is -0.142. The Bertz CT molecular complexity index is 312. The maximum Gasteiger partial charge on any atom is 0.248 e. The van der Waals surface area contributed by atoms with Crippen LogP contribution < -0.4 is 5.73 Å². The molecule has 1 rings (SSSR count). The summed E-state index contributed by atoms with van der Waals surface area (Å²) in [5.41, 5.74) is 5.74. The molecule has 1 unspecified atom stereocenters. The molecule has 0 aromatic carbocycles. The molecule has 18 heavy (non-hydrogen) atoms. The van der Waals surface area contributed by atoms with Gasteiger partial charge in [-0.2, -0.15) is 0 Å². The molecule has 1 fully saturated rings. The molecule has 0 spiro atoms. The normalized spacial score (nSPS) is 17.4. The topological polar surface area (TPSA) is 75.9 Å². The highest BCUT2D eigenvalue weighted by atomic mass is 16.5. The van der Waals surface area contributed by atoms with Crippen LogP contribution in [0.1, 0.15) is 6.42 Å². The van der Waals surface area contributed by atoms with E-state index in [1.54, 1.807) is 15.9 Å². The highest BCUT2D eigenvalue weighted by Gasteiger charge is 2.26. The summed E-state index contributed by atoms with van der Waals surface area (Å²) in [6.07, 6.45) is 2.11. The van der Waals surface area contributed by atoms with E-state index in [1.165, 1.54) is 7.11 Å².